The first-order valence-electron chi connectivity index (χ1n) is 5.75. The fourth-order valence-corrected chi connectivity index (χ4v) is 1.70. The lowest BCUT2D eigenvalue weighted by molar-refractivity contribution is 0.287. The Morgan fingerprint density at radius 2 is 1.62 bits per heavy atom. The van der Waals surface area contributed by atoms with E-state index in [4.69, 9.17) is 15.2 Å². The van der Waals surface area contributed by atoms with E-state index in [1.54, 1.807) is 0 Å². The molecule has 0 aliphatic heterocycles. The number of nitrogens with two attached hydrogens (primary N) is 1. The number of hydrogen-bond donors (Lipinski definition) is 1. The van der Waals surface area contributed by atoms with E-state index in [0.29, 0.717) is 13.2 Å². The van der Waals surface area contributed by atoms with Crippen molar-refractivity contribution < 1.29 is 9.47 Å². The van der Waals surface area contributed by atoms with Crippen molar-refractivity contribution in [2.45, 2.75) is 33.7 Å². The molecular formula is C13H21NO2. The minimum atomic E-state index is 0.00915. The molecule has 0 amide bonds. The van der Waals surface area contributed by atoms with E-state index in [-0.39, 0.29) is 6.04 Å². The third-order valence-corrected chi connectivity index (χ3v) is 2.42. The van der Waals surface area contributed by atoms with Gasteiger partial charge in [-0.05, 0) is 51.0 Å². The first kappa shape index (κ1) is 12.8. The highest BCUT2D eigenvalue weighted by molar-refractivity contribution is 5.48. The van der Waals surface area contributed by atoms with Gasteiger partial charge in [0, 0.05) is 6.04 Å². The van der Waals surface area contributed by atoms with Gasteiger partial charge in [-0.25, -0.2) is 0 Å². The Kier molecular flexibility index (Phi) is 4.62. The molecule has 0 saturated carbocycles. The average Bonchev–Trinajstić information content (AvgIpc) is 2.22. The van der Waals surface area contributed by atoms with Crippen LogP contribution < -0.4 is 15.2 Å². The van der Waals surface area contributed by atoms with Crippen LogP contribution in [0.4, 0.5) is 0 Å². The van der Waals surface area contributed by atoms with Crippen LogP contribution in [0, 0.1) is 6.92 Å². The average molecular weight is 223 g/mol. The summed E-state index contributed by atoms with van der Waals surface area (Å²) in [7, 11) is 0. The molecule has 1 aromatic carbocycles. The van der Waals surface area contributed by atoms with Gasteiger partial charge in [0.15, 0.2) is 11.5 Å². The topological polar surface area (TPSA) is 44.5 Å². The third kappa shape index (κ3) is 2.89. The first-order valence-corrected chi connectivity index (χ1v) is 5.75. The fourth-order valence-electron chi connectivity index (χ4n) is 1.70. The van der Waals surface area contributed by atoms with Crippen molar-refractivity contribution in [3.8, 4) is 11.5 Å². The van der Waals surface area contributed by atoms with Crippen LogP contribution in [0.1, 0.15) is 37.9 Å². The smallest absolute Gasteiger partial charge is 0.161 e. The summed E-state index contributed by atoms with van der Waals surface area (Å²) in [5.74, 6) is 1.58. The highest BCUT2D eigenvalue weighted by Gasteiger charge is 2.11. The molecule has 2 N–H and O–H groups in total. The third-order valence-electron chi connectivity index (χ3n) is 2.42. The summed E-state index contributed by atoms with van der Waals surface area (Å²) in [6.07, 6.45) is 0. The molecule has 16 heavy (non-hydrogen) atoms. The van der Waals surface area contributed by atoms with Crippen molar-refractivity contribution in [2.24, 2.45) is 5.73 Å². The second-order valence-electron chi connectivity index (χ2n) is 3.81. The maximum atomic E-state index is 5.91. The van der Waals surface area contributed by atoms with E-state index in [9.17, 15) is 0 Å². The maximum Gasteiger partial charge on any atom is 0.161 e. The van der Waals surface area contributed by atoms with E-state index in [2.05, 4.69) is 0 Å². The summed E-state index contributed by atoms with van der Waals surface area (Å²) < 4.78 is 11.1. The van der Waals surface area contributed by atoms with Crippen molar-refractivity contribution >= 4 is 0 Å². The predicted octanol–water partition coefficient (Wildman–Crippen LogP) is 2.81. The van der Waals surface area contributed by atoms with Crippen LogP contribution in [0.2, 0.25) is 0 Å². The largest absolute Gasteiger partial charge is 0.490 e. The summed E-state index contributed by atoms with van der Waals surface area (Å²) in [4.78, 5) is 0. The van der Waals surface area contributed by atoms with Crippen LogP contribution in [0.3, 0.4) is 0 Å². The minimum absolute atomic E-state index is 0.00915. The van der Waals surface area contributed by atoms with Crippen LogP contribution in [-0.4, -0.2) is 13.2 Å². The summed E-state index contributed by atoms with van der Waals surface area (Å²) in [6, 6.07) is 3.98. The van der Waals surface area contributed by atoms with Crippen molar-refractivity contribution in [1.29, 1.82) is 0 Å². The molecular weight excluding hydrogens is 202 g/mol. The first-order chi connectivity index (χ1) is 7.60. The Bertz CT molecular complexity index is 348. The molecule has 0 fully saturated rings. The van der Waals surface area contributed by atoms with Crippen LogP contribution in [0.5, 0.6) is 11.5 Å². The van der Waals surface area contributed by atoms with Gasteiger partial charge in [-0.1, -0.05) is 0 Å². The zero-order valence-corrected chi connectivity index (χ0v) is 10.5. The number of rotatable bonds is 5. The summed E-state index contributed by atoms with van der Waals surface area (Å²) in [6.45, 7) is 9.19. The normalized spacial score (nSPS) is 12.3. The van der Waals surface area contributed by atoms with Gasteiger partial charge in [0.25, 0.3) is 0 Å². The monoisotopic (exact) mass is 223 g/mol. The molecule has 0 radical (unpaired) electrons. The quantitative estimate of drug-likeness (QED) is 0.834. The fraction of sp³-hybridized carbons (Fsp3) is 0.538. The molecule has 90 valence electrons. The van der Waals surface area contributed by atoms with Gasteiger partial charge >= 0.3 is 0 Å². The highest BCUT2D eigenvalue weighted by atomic mass is 16.5. The summed E-state index contributed by atoms with van der Waals surface area (Å²) in [5, 5.41) is 0. The Hall–Kier alpha value is -1.22. The molecule has 0 heterocycles. The van der Waals surface area contributed by atoms with Crippen LogP contribution in [0.15, 0.2) is 12.1 Å². The van der Waals surface area contributed by atoms with Crippen LogP contribution in [0.25, 0.3) is 0 Å². The molecule has 1 unspecified atom stereocenters. The van der Waals surface area contributed by atoms with Crippen molar-refractivity contribution in [1.82, 2.24) is 0 Å². The Balaban J connectivity index is 3.14. The van der Waals surface area contributed by atoms with Gasteiger partial charge in [-0.2, -0.15) is 0 Å². The van der Waals surface area contributed by atoms with E-state index in [1.165, 1.54) is 0 Å². The molecule has 0 saturated heterocycles. The zero-order valence-electron chi connectivity index (χ0n) is 10.5. The second kappa shape index (κ2) is 5.75. The minimum Gasteiger partial charge on any atom is -0.490 e. The van der Waals surface area contributed by atoms with Gasteiger partial charge < -0.3 is 15.2 Å². The van der Waals surface area contributed by atoms with Crippen molar-refractivity contribution in [3.63, 3.8) is 0 Å². The van der Waals surface area contributed by atoms with Crippen LogP contribution >= 0.6 is 0 Å². The second-order valence-corrected chi connectivity index (χ2v) is 3.81. The number of aryl methyl sites for hydroxylation is 1. The van der Waals surface area contributed by atoms with Crippen molar-refractivity contribution in [2.75, 3.05) is 13.2 Å². The van der Waals surface area contributed by atoms with E-state index < -0.39 is 0 Å². The number of ether oxygens (including phenoxy) is 2. The lowest BCUT2D eigenvalue weighted by atomic mass is 10.0. The molecule has 0 aliphatic carbocycles. The van der Waals surface area contributed by atoms with E-state index in [0.717, 1.165) is 22.6 Å². The van der Waals surface area contributed by atoms with Crippen LogP contribution in [-0.2, 0) is 0 Å². The van der Waals surface area contributed by atoms with Gasteiger partial charge in [0.1, 0.15) is 0 Å². The van der Waals surface area contributed by atoms with Gasteiger partial charge in [0.05, 0.1) is 13.2 Å². The van der Waals surface area contributed by atoms with Crippen molar-refractivity contribution in [3.05, 3.63) is 23.3 Å². The zero-order chi connectivity index (χ0) is 12.1. The molecule has 0 aliphatic rings. The molecule has 0 aromatic heterocycles. The Morgan fingerprint density at radius 3 is 2.06 bits per heavy atom. The highest BCUT2D eigenvalue weighted by Crippen LogP contribution is 2.32. The maximum absolute atomic E-state index is 5.91. The van der Waals surface area contributed by atoms with E-state index in [1.807, 2.05) is 39.8 Å². The molecule has 3 heteroatoms. The Morgan fingerprint density at radius 1 is 1.12 bits per heavy atom. The number of benzene rings is 1. The summed E-state index contributed by atoms with van der Waals surface area (Å²) in [5.41, 5.74) is 8.15. The SMILES string of the molecule is CCOc1cc(C)c(C(C)N)cc1OCC. The Labute approximate surface area is 97.6 Å². The molecule has 1 rings (SSSR count). The van der Waals surface area contributed by atoms with Gasteiger partial charge in [-0.3, -0.25) is 0 Å². The van der Waals surface area contributed by atoms with Gasteiger partial charge in [0.2, 0.25) is 0 Å². The summed E-state index contributed by atoms with van der Waals surface area (Å²) >= 11 is 0. The molecule has 1 atom stereocenters. The predicted molar refractivity (Wildman–Crippen MR) is 66.1 cm³/mol. The number of hydrogen-bond acceptors (Lipinski definition) is 3. The lowest BCUT2D eigenvalue weighted by Gasteiger charge is -2.16. The molecule has 1 aromatic rings. The van der Waals surface area contributed by atoms with Gasteiger partial charge in [-0.15, -0.1) is 0 Å². The standard InChI is InChI=1S/C13H21NO2/c1-5-15-12-7-9(3)11(10(4)14)8-13(12)16-6-2/h7-8,10H,5-6,14H2,1-4H3. The molecule has 3 nitrogen and oxygen atoms in total. The van der Waals surface area contributed by atoms with E-state index >= 15 is 0 Å². The molecule has 0 bridgehead atoms. The molecule has 0 spiro atoms. The lowest BCUT2D eigenvalue weighted by Crippen LogP contribution is -2.08.